The second-order valence-corrected chi connectivity index (χ2v) is 4.31. The van der Waals surface area contributed by atoms with Gasteiger partial charge in [-0.2, -0.15) is 5.10 Å². The van der Waals surface area contributed by atoms with Gasteiger partial charge in [-0.15, -0.1) is 0 Å². The van der Waals surface area contributed by atoms with E-state index in [9.17, 15) is 0 Å². The first-order valence-electron chi connectivity index (χ1n) is 6.14. The van der Waals surface area contributed by atoms with Gasteiger partial charge >= 0.3 is 0 Å². The molecule has 0 N–H and O–H groups in total. The first-order valence-corrected chi connectivity index (χ1v) is 6.14. The Bertz CT molecular complexity index is 509. The van der Waals surface area contributed by atoms with Crippen molar-refractivity contribution in [2.45, 2.75) is 18.8 Å². The van der Waals surface area contributed by atoms with Gasteiger partial charge in [0, 0.05) is 12.0 Å². The van der Waals surface area contributed by atoms with Crippen molar-refractivity contribution in [3.05, 3.63) is 47.8 Å². The molecule has 2 heterocycles. The zero-order valence-electron chi connectivity index (χ0n) is 9.97. The molecule has 3 nitrogen and oxygen atoms in total. The number of ether oxygens (including phenoxy) is 1. The Hall–Kier alpha value is -1.55. The van der Waals surface area contributed by atoms with Crippen LogP contribution in [0.2, 0.25) is 6.32 Å². The zero-order chi connectivity index (χ0) is 11.7. The maximum absolute atomic E-state index is 5.75. The van der Waals surface area contributed by atoms with Crippen LogP contribution in [-0.4, -0.2) is 24.2 Å². The van der Waals surface area contributed by atoms with E-state index < -0.39 is 0 Å². The molecule has 1 aliphatic heterocycles. The molecule has 1 aromatic heterocycles. The number of para-hydroxylation sites is 1. The molecule has 1 atom stereocenters. The maximum Gasteiger partial charge on any atom is 0.105 e. The van der Waals surface area contributed by atoms with Crippen LogP contribution in [0, 0.1) is 0 Å². The molecule has 0 spiro atoms. The number of hydrogen-bond acceptors (Lipinski definition) is 2. The van der Waals surface area contributed by atoms with E-state index >= 15 is 0 Å². The van der Waals surface area contributed by atoms with E-state index in [1.165, 1.54) is 11.3 Å². The van der Waals surface area contributed by atoms with Gasteiger partial charge in [0.2, 0.25) is 0 Å². The predicted octanol–water partition coefficient (Wildman–Crippen LogP) is 1.54. The number of hydrogen-bond donors (Lipinski definition) is 0. The Morgan fingerprint density at radius 1 is 1.35 bits per heavy atom. The van der Waals surface area contributed by atoms with Gasteiger partial charge in [-0.3, -0.25) is 0 Å². The lowest BCUT2D eigenvalue weighted by molar-refractivity contribution is 0.0550. The summed E-state index contributed by atoms with van der Waals surface area (Å²) in [6.45, 7) is 0.796. The average Bonchev–Trinajstić information content (AvgIpc) is 2.83. The lowest BCUT2D eigenvalue weighted by Gasteiger charge is -2.22. The summed E-state index contributed by atoms with van der Waals surface area (Å²) in [4.78, 5) is 0. The fourth-order valence-corrected chi connectivity index (χ4v) is 2.42. The minimum Gasteiger partial charge on any atom is -0.374 e. The van der Waals surface area contributed by atoms with Crippen LogP contribution in [0.25, 0.3) is 5.69 Å². The van der Waals surface area contributed by atoms with Crippen molar-refractivity contribution >= 4 is 7.85 Å². The lowest BCUT2D eigenvalue weighted by atomic mass is 9.92. The van der Waals surface area contributed by atoms with Crippen LogP contribution < -0.4 is 0 Å². The first-order chi connectivity index (χ1) is 8.40. The molecule has 0 bridgehead atoms. The number of aromatic nitrogens is 2. The fraction of sp³-hybridized carbons (Fsp3) is 0.308. The van der Waals surface area contributed by atoms with E-state index in [-0.39, 0.29) is 6.10 Å². The van der Waals surface area contributed by atoms with Gasteiger partial charge in [0.15, 0.2) is 0 Å². The highest BCUT2D eigenvalue weighted by Crippen LogP contribution is 2.30. The zero-order valence-corrected chi connectivity index (χ0v) is 9.97. The van der Waals surface area contributed by atoms with E-state index in [0.717, 1.165) is 25.0 Å². The van der Waals surface area contributed by atoms with Crippen LogP contribution in [-0.2, 0) is 11.2 Å². The second kappa shape index (κ2) is 4.38. The monoisotopic (exact) mass is 226 g/mol. The van der Waals surface area contributed by atoms with Crippen LogP contribution in [0.3, 0.4) is 0 Å². The number of rotatable bonds is 2. The van der Waals surface area contributed by atoms with Crippen molar-refractivity contribution in [3.63, 3.8) is 0 Å². The minimum absolute atomic E-state index is 0.219. The predicted molar refractivity (Wildman–Crippen MR) is 69.3 cm³/mol. The molecule has 1 aliphatic rings. The standard InChI is InChI=1S/C13H15BN2O/c14-8-13-11-9-15-16(12(11)6-7-17-13)10-4-2-1-3-5-10/h1-5,9,13H,6-8,14H2. The Labute approximate surface area is 102 Å². The van der Waals surface area contributed by atoms with Crippen LogP contribution >= 0.6 is 0 Å². The first kappa shape index (κ1) is 10.6. The van der Waals surface area contributed by atoms with Gasteiger partial charge in [-0.25, -0.2) is 4.68 Å². The van der Waals surface area contributed by atoms with Crippen molar-refractivity contribution in [1.29, 1.82) is 0 Å². The van der Waals surface area contributed by atoms with Crippen LogP contribution in [0.4, 0.5) is 0 Å². The molecule has 86 valence electrons. The molecule has 0 saturated carbocycles. The number of benzene rings is 1. The van der Waals surface area contributed by atoms with Crippen molar-refractivity contribution in [2.24, 2.45) is 0 Å². The molecule has 1 unspecified atom stereocenters. The summed E-state index contributed by atoms with van der Waals surface area (Å²) < 4.78 is 7.79. The van der Waals surface area contributed by atoms with Crippen molar-refractivity contribution in [2.75, 3.05) is 6.61 Å². The molecule has 0 radical (unpaired) electrons. The highest BCUT2D eigenvalue weighted by Gasteiger charge is 2.23. The normalized spacial score (nSPS) is 18.9. The van der Waals surface area contributed by atoms with Crippen LogP contribution in [0.1, 0.15) is 17.4 Å². The number of fused-ring (bicyclic) bond motifs is 1. The second-order valence-electron chi connectivity index (χ2n) is 4.31. The molecule has 1 aromatic carbocycles. The van der Waals surface area contributed by atoms with E-state index in [0.29, 0.717) is 0 Å². The quantitative estimate of drug-likeness (QED) is 0.726. The molecule has 0 aliphatic carbocycles. The topological polar surface area (TPSA) is 27.1 Å². The van der Waals surface area contributed by atoms with Gasteiger partial charge in [0.1, 0.15) is 7.85 Å². The smallest absolute Gasteiger partial charge is 0.105 e. The molecule has 17 heavy (non-hydrogen) atoms. The summed E-state index contributed by atoms with van der Waals surface area (Å²) in [5, 5.41) is 4.50. The van der Waals surface area contributed by atoms with E-state index in [1.54, 1.807) is 0 Å². The summed E-state index contributed by atoms with van der Waals surface area (Å²) in [5.41, 5.74) is 3.68. The van der Waals surface area contributed by atoms with Gasteiger partial charge in [-0.1, -0.05) is 24.5 Å². The van der Waals surface area contributed by atoms with Crippen molar-refractivity contribution < 1.29 is 4.74 Å². The van der Waals surface area contributed by atoms with Crippen LogP contribution in [0.5, 0.6) is 0 Å². The van der Waals surface area contributed by atoms with E-state index in [4.69, 9.17) is 4.74 Å². The number of nitrogens with zero attached hydrogens (tertiary/aromatic N) is 2. The molecular formula is C13H15BN2O. The minimum atomic E-state index is 0.219. The van der Waals surface area contributed by atoms with Gasteiger partial charge in [0.25, 0.3) is 0 Å². The third kappa shape index (κ3) is 1.78. The Kier molecular flexibility index (Phi) is 2.73. The fourth-order valence-electron chi connectivity index (χ4n) is 2.42. The highest BCUT2D eigenvalue weighted by molar-refractivity contribution is 6.08. The largest absolute Gasteiger partial charge is 0.374 e. The molecular weight excluding hydrogens is 211 g/mol. The third-order valence-corrected chi connectivity index (χ3v) is 3.28. The highest BCUT2D eigenvalue weighted by atomic mass is 16.5. The van der Waals surface area contributed by atoms with Gasteiger partial charge < -0.3 is 4.74 Å². The Morgan fingerprint density at radius 3 is 2.94 bits per heavy atom. The summed E-state index contributed by atoms with van der Waals surface area (Å²) in [6.07, 6.45) is 4.13. The molecule has 0 fully saturated rings. The van der Waals surface area contributed by atoms with Gasteiger partial charge in [0.05, 0.1) is 30.3 Å². The molecule has 2 aromatic rings. The molecule has 3 rings (SSSR count). The summed E-state index contributed by atoms with van der Waals surface area (Å²) >= 11 is 0. The molecule has 4 heteroatoms. The molecule has 0 saturated heterocycles. The van der Waals surface area contributed by atoms with Gasteiger partial charge in [-0.05, 0) is 12.1 Å². The Morgan fingerprint density at radius 2 is 2.18 bits per heavy atom. The third-order valence-electron chi connectivity index (χ3n) is 3.28. The van der Waals surface area contributed by atoms with Crippen LogP contribution in [0.15, 0.2) is 36.5 Å². The SMILES string of the molecule is BCC1OCCc2c1cnn2-c1ccccc1. The summed E-state index contributed by atoms with van der Waals surface area (Å²) in [7, 11) is 2.15. The average molecular weight is 226 g/mol. The lowest BCUT2D eigenvalue weighted by Crippen LogP contribution is -2.17. The maximum atomic E-state index is 5.75. The summed E-state index contributed by atoms with van der Waals surface area (Å²) in [6, 6.07) is 10.3. The van der Waals surface area contributed by atoms with Crippen molar-refractivity contribution in [1.82, 2.24) is 9.78 Å². The van der Waals surface area contributed by atoms with E-state index in [1.807, 2.05) is 29.1 Å². The Balaban J connectivity index is 2.06. The van der Waals surface area contributed by atoms with Crippen molar-refractivity contribution in [3.8, 4) is 5.69 Å². The molecule has 0 amide bonds. The summed E-state index contributed by atoms with van der Waals surface area (Å²) in [5.74, 6) is 0. The van der Waals surface area contributed by atoms with E-state index in [2.05, 4.69) is 25.1 Å².